The number of aliphatic hydroxyl groups excluding tert-OH is 1. The molecule has 2 aliphatic carbocycles. The maximum atomic E-state index is 15.8. The molecular weight excluding hydrogens is 850 g/mol. The van der Waals surface area contributed by atoms with E-state index in [2.05, 4.69) is 31.2 Å². The minimum absolute atomic E-state index is 0.0596. The summed E-state index contributed by atoms with van der Waals surface area (Å²) in [5.41, 5.74) is 3.53. The van der Waals surface area contributed by atoms with Crippen LogP contribution in [0.1, 0.15) is 102 Å². The molecule has 0 bridgehead atoms. The highest BCUT2D eigenvalue weighted by atomic mass is 19.1. The number of H-pyrrole nitrogens is 2. The number of nitrogens with one attached hydrogen (secondary N) is 6. The molecule has 0 unspecified atom stereocenters. The van der Waals surface area contributed by atoms with Gasteiger partial charge in [-0.2, -0.15) is 0 Å². The van der Waals surface area contributed by atoms with Crippen LogP contribution >= 0.6 is 0 Å². The van der Waals surface area contributed by atoms with Crippen molar-refractivity contribution in [3.8, 4) is 11.4 Å². The molecule has 0 radical (unpaired) electrons. The molecule has 7 N–H and O–H groups in total. The van der Waals surface area contributed by atoms with Gasteiger partial charge in [0.05, 0.1) is 36.1 Å². The molecule has 358 valence electrons. The molecule has 8 rings (SSSR count). The van der Waals surface area contributed by atoms with Crippen LogP contribution in [0.3, 0.4) is 0 Å². The van der Waals surface area contributed by atoms with Crippen molar-refractivity contribution >= 4 is 45.4 Å². The second-order valence-corrected chi connectivity index (χ2v) is 19.5. The van der Waals surface area contributed by atoms with Crippen molar-refractivity contribution in [1.82, 2.24) is 41.0 Å². The van der Waals surface area contributed by atoms with Crippen LogP contribution in [0.2, 0.25) is 0 Å². The van der Waals surface area contributed by atoms with Gasteiger partial charge in [-0.25, -0.2) is 13.2 Å². The van der Waals surface area contributed by atoms with E-state index in [9.17, 15) is 24.3 Å². The Bertz CT molecular complexity index is 2230. The minimum atomic E-state index is -1.31. The molecule has 8 atom stereocenters. The number of aromatic amines is 2. The van der Waals surface area contributed by atoms with Crippen LogP contribution in [0, 0.1) is 23.5 Å². The van der Waals surface area contributed by atoms with Gasteiger partial charge in [0.1, 0.15) is 29.9 Å². The fourth-order valence-electron chi connectivity index (χ4n) is 11.3. The third kappa shape index (κ3) is 10.0. The van der Waals surface area contributed by atoms with Crippen molar-refractivity contribution in [2.24, 2.45) is 11.8 Å². The summed E-state index contributed by atoms with van der Waals surface area (Å²) in [4.78, 5) is 66.3. The molecule has 4 aromatic rings. The Morgan fingerprint density at radius 3 is 1.53 bits per heavy atom. The Labute approximate surface area is 384 Å². The predicted octanol–water partition coefficient (Wildman–Crippen LogP) is 5.93. The van der Waals surface area contributed by atoms with Crippen LogP contribution in [0.25, 0.3) is 33.2 Å². The van der Waals surface area contributed by atoms with Gasteiger partial charge < -0.3 is 46.1 Å². The number of aromatic nitrogens is 2. The summed E-state index contributed by atoms with van der Waals surface area (Å²) < 4.78 is 45.8. The van der Waals surface area contributed by atoms with Gasteiger partial charge in [0.15, 0.2) is 0 Å². The van der Waals surface area contributed by atoms with Crippen LogP contribution in [0.5, 0.6) is 0 Å². The number of alkyl halides is 1. The second kappa shape index (κ2) is 20.5. The van der Waals surface area contributed by atoms with Gasteiger partial charge in [0, 0.05) is 46.9 Å². The van der Waals surface area contributed by atoms with Crippen molar-refractivity contribution in [3.05, 3.63) is 59.2 Å². The van der Waals surface area contributed by atoms with E-state index in [1.807, 2.05) is 0 Å². The molecule has 4 amide bonds. The quantitative estimate of drug-likeness (QED) is 0.0775. The third-order valence-electron chi connectivity index (χ3n) is 15.2. The number of fused-ring (bicyclic) bond motifs is 2. The van der Waals surface area contributed by atoms with Crippen molar-refractivity contribution in [3.63, 3.8) is 0 Å². The number of carbonyl (C=O) groups is 4. The lowest BCUT2D eigenvalue weighted by Crippen LogP contribution is -2.56. The summed E-state index contributed by atoms with van der Waals surface area (Å²) in [5, 5.41) is 24.6. The van der Waals surface area contributed by atoms with E-state index in [1.54, 1.807) is 49.9 Å². The molecule has 2 aromatic heterocycles. The molecule has 4 fully saturated rings. The summed E-state index contributed by atoms with van der Waals surface area (Å²) >= 11 is 0. The van der Waals surface area contributed by atoms with Crippen molar-refractivity contribution in [1.29, 1.82) is 0 Å². The molecule has 2 aliphatic heterocycles. The third-order valence-corrected chi connectivity index (χ3v) is 15.2. The molecular formula is C50H67F3N8O5. The fraction of sp³-hybridized carbons (Fsp3) is 0.600. The van der Waals surface area contributed by atoms with Gasteiger partial charge in [-0.05, 0) is 132 Å². The van der Waals surface area contributed by atoms with Gasteiger partial charge in [-0.3, -0.25) is 19.2 Å². The molecule has 66 heavy (non-hydrogen) atoms. The highest BCUT2D eigenvalue weighted by Crippen LogP contribution is 2.41. The smallest absolute Gasteiger partial charge is 0.245 e. The summed E-state index contributed by atoms with van der Waals surface area (Å²) in [6.07, 6.45) is 7.68. The summed E-state index contributed by atoms with van der Waals surface area (Å²) in [6.45, 7) is 3.43. The van der Waals surface area contributed by atoms with Crippen LogP contribution in [-0.4, -0.2) is 124 Å². The van der Waals surface area contributed by atoms with Gasteiger partial charge in [0.2, 0.25) is 23.6 Å². The van der Waals surface area contributed by atoms with Gasteiger partial charge in [-0.1, -0.05) is 38.5 Å². The molecule has 2 saturated carbocycles. The van der Waals surface area contributed by atoms with Crippen LogP contribution < -0.4 is 21.3 Å². The number of carbonyl (C=O) groups excluding carboxylic acids is 4. The largest absolute Gasteiger partial charge is 0.391 e. The van der Waals surface area contributed by atoms with E-state index in [-0.39, 0.29) is 74.2 Å². The number of amides is 4. The number of nitrogens with zero attached hydrogens (tertiary/aromatic N) is 2. The van der Waals surface area contributed by atoms with Crippen LogP contribution in [0.15, 0.2) is 36.4 Å². The minimum Gasteiger partial charge on any atom is -0.391 e. The highest BCUT2D eigenvalue weighted by molar-refractivity contribution is 5.97. The average molecular weight is 917 g/mol. The topological polar surface area (TPSA) is 175 Å². The molecule has 2 aromatic carbocycles. The first kappa shape index (κ1) is 47.6. The Morgan fingerprint density at radius 2 is 1.09 bits per heavy atom. The predicted molar refractivity (Wildman–Crippen MR) is 248 cm³/mol. The Hall–Kier alpha value is -4.93. The first-order valence-corrected chi connectivity index (χ1v) is 24.2. The maximum Gasteiger partial charge on any atom is 0.245 e. The first-order valence-electron chi connectivity index (χ1n) is 24.2. The SMILES string of the molecule is CN[C@@H](C)C(=O)N[C@H](C(=O)N1C[C@@H](O)C[C@H]1Cc1c(-c2[nH]c3cc(F)ccc3c2C[C@@H]2C[C@H](F)CN2C(=O)[C@@H](NC(=O)[C@H](C)NC)C2CCCCC2)[nH]c2cc(F)ccc12)C1CCCCC1. The standard InChI is InChI=1S/C50H67F3N8O5/c1-27(54-3)47(63)58-43(29-11-7-5-8-12-29)49(65)60-25-33(53)19-34(60)23-39-37-17-15-31(51)20-41(37)56-45(39)46-40(38-18-16-32(52)21-42(38)57-46)24-35-22-36(62)26-61(35)50(66)44(30-13-9-6-10-14-30)59-48(64)28(2)55-4/h15-18,20-21,27-30,33-36,43-44,54-57,62H,5-14,19,22-26H2,1-4H3,(H,58,63)(H,59,64)/t27-,28-,33-,34-,35-,36-,43-,44-/m0/s1. The van der Waals surface area contributed by atoms with Crippen LogP contribution in [0.4, 0.5) is 13.2 Å². The number of rotatable bonds is 15. The Morgan fingerprint density at radius 1 is 0.667 bits per heavy atom. The van der Waals surface area contributed by atoms with E-state index in [0.717, 1.165) is 69.8 Å². The molecule has 4 heterocycles. The number of hydrogen-bond acceptors (Lipinski definition) is 7. The number of benzene rings is 2. The molecule has 13 nitrogen and oxygen atoms in total. The van der Waals surface area contributed by atoms with E-state index in [0.29, 0.717) is 38.8 Å². The number of halogens is 3. The molecule has 2 saturated heterocycles. The number of β-amino-alcohol motifs (C(OH)–C–C–N with tert-alkyl or cyclic N) is 1. The zero-order valence-corrected chi connectivity index (χ0v) is 38.7. The van der Waals surface area contributed by atoms with Crippen molar-refractivity contribution in [2.45, 2.75) is 152 Å². The fourth-order valence-corrected chi connectivity index (χ4v) is 11.3. The maximum absolute atomic E-state index is 15.8. The van der Waals surface area contributed by atoms with E-state index >= 15 is 13.2 Å². The first-order chi connectivity index (χ1) is 31.7. The normalized spacial score (nSPS) is 23.9. The zero-order chi connectivity index (χ0) is 46.8. The van der Waals surface area contributed by atoms with Gasteiger partial charge >= 0.3 is 0 Å². The van der Waals surface area contributed by atoms with Crippen molar-refractivity contribution < 1.29 is 37.5 Å². The number of hydrogen-bond donors (Lipinski definition) is 7. The average Bonchev–Trinajstić information content (AvgIpc) is 4.08. The van der Waals surface area contributed by atoms with E-state index in [4.69, 9.17) is 0 Å². The molecule has 0 spiro atoms. The zero-order valence-electron chi connectivity index (χ0n) is 38.7. The number of aliphatic hydroxyl groups is 1. The number of likely N-dealkylation sites (tertiary alicyclic amines) is 2. The van der Waals surface area contributed by atoms with Crippen LogP contribution in [-0.2, 0) is 32.0 Å². The second-order valence-electron chi connectivity index (χ2n) is 19.5. The summed E-state index contributed by atoms with van der Waals surface area (Å²) in [6, 6.07) is 5.11. The molecule has 4 aliphatic rings. The Kier molecular flexibility index (Phi) is 14.8. The monoisotopic (exact) mass is 917 g/mol. The molecule has 16 heteroatoms. The van der Waals surface area contributed by atoms with Gasteiger partial charge in [-0.15, -0.1) is 0 Å². The Balaban J connectivity index is 1.17. The lowest BCUT2D eigenvalue weighted by atomic mass is 9.83. The lowest BCUT2D eigenvalue weighted by Gasteiger charge is -2.35. The number of likely N-dealkylation sites (N-methyl/N-ethyl adjacent to an activating group) is 2. The lowest BCUT2D eigenvalue weighted by molar-refractivity contribution is -0.139. The summed E-state index contributed by atoms with van der Waals surface area (Å²) in [5.74, 6) is -2.22. The van der Waals surface area contributed by atoms with Crippen molar-refractivity contribution in [2.75, 3.05) is 27.2 Å². The summed E-state index contributed by atoms with van der Waals surface area (Å²) in [7, 11) is 3.37. The van der Waals surface area contributed by atoms with E-state index < -0.39 is 60.2 Å². The van der Waals surface area contributed by atoms with E-state index in [1.165, 1.54) is 24.3 Å². The highest BCUT2D eigenvalue weighted by Gasteiger charge is 2.44. The van der Waals surface area contributed by atoms with Gasteiger partial charge in [0.25, 0.3) is 0 Å².